The molecule has 0 saturated carbocycles. The number of rotatable bonds is 6. The van der Waals surface area contributed by atoms with E-state index in [1.54, 1.807) is 4.90 Å². The van der Waals surface area contributed by atoms with E-state index in [-0.39, 0.29) is 17.2 Å². The SMILES string of the molecule is O=C(O)c1ccnc(C(=O)NC(Cc2ccccc2)C(=O)N2CCCC2)c1. The summed E-state index contributed by atoms with van der Waals surface area (Å²) < 4.78 is 0. The van der Waals surface area contributed by atoms with Gasteiger partial charge in [0.1, 0.15) is 11.7 Å². The summed E-state index contributed by atoms with van der Waals surface area (Å²) >= 11 is 0. The van der Waals surface area contributed by atoms with Crippen molar-refractivity contribution in [2.45, 2.75) is 25.3 Å². The Morgan fingerprint density at radius 2 is 1.81 bits per heavy atom. The molecule has 1 saturated heterocycles. The highest BCUT2D eigenvalue weighted by molar-refractivity contribution is 5.98. The van der Waals surface area contributed by atoms with Crippen molar-refractivity contribution < 1.29 is 19.5 Å². The highest BCUT2D eigenvalue weighted by Gasteiger charge is 2.28. The van der Waals surface area contributed by atoms with Crippen molar-refractivity contribution >= 4 is 17.8 Å². The van der Waals surface area contributed by atoms with Crippen molar-refractivity contribution in [2.75, 3.05) is 13.1 Å². The van der Waals surface area contributed by atoms with Crippen LogP contribution in [0.5, 0.6) is 0 Å². The second-order valence-corrected chi connectivity index (χ2v) is 6.48. The standard InChI is InChI=1S/C20H21N3O4/c24-18(16-13-15(20(26)27)8-9-21-16)22-17(12-14-6-2-1-3-7-14)19(25)23-10-4-5-11-23/h1-3,6-9,13,17H,4-5,10-12H2,(H,22,24)(H,26,27). The number of carboxylic acid groups (broad SMARTS) is 1. The molecule has 2 aromatic rings. The number of nitrogens with one attached hydrogen (secondary N) is 1. The number of nitrogens with zero attached hydrogens (tertiary/aromatic N) is 2. The number of aromatic carboxylic acids is 1. The van der Waals surface area contributed by atoms with Gasteiger partial charge < -0.3 is 15.3 Å². The molecule has 140 valence electrons. The van der Waals surface area contributed by atoms with Gasteiger partial charge in [-0.2, -0.15) is 0 Å². The zero-order valence-corrected chi connectivity index (χ0v) is 14.8. The molecule has 7 heteroatoms. The summed E-state index contributed by atoms with van der Waals surface area (Å²) in [5.74, 6) is -1.83. The summed E-state index contributed by atoms with van der Waals surface area (Å²) in [6.45, 7) is 1.37. The second kappa shape index (κ2) is 8.44. The second-order valence-electron chi connectivity index (χ2n) is 6.48. The fourth-order valence-electron chi connectivity index (χ4n) is 3.13. The van der Waals surface area contributed by atoms with E-state index < -0.39 is 17.9 Å². The highest BCUT2D eigenvalue weighted by Crippen LogP contribution is 2.13. The van der Waals surface area contributed by atoms with Crippen LogP contribution in [0.25, 0.3) is 0 Å². The van der Waals surface area contributed by atoms with Crippen LogP contribution in [0, 0.1) is 0 Å². The lowest BCUT2D eigenvalue weighted by Crippen LogP contribution is -2.49. The number of aromatic nitrogens is 1. The Morgan fingerprint density at radius 1 is 1.11 bits per heavy atom. The van der Waals surface area contributed by atoms with Crippen molar-refractivity contribution in [3.05, 3.63) is 65.5 Å². The molecule has 1 aliphatic heterocycles. The first-order valence-corrected chi connectivity index (χ1v) is 8.87. The third kappa shape index (κ3) is 4.69. The number of benzene rings is 1. The van der Waals surface area contributed by atoms with Crippen LogP contribution in [0.1, 0.15) is 39.3 Å². The van der Waals surface area contributed by atoms with Gasteiger partial charge in [-0.25, -0.2) is 4.79 Å². The van der Waals surface area contributed by atoms with E-state index in [4.69, 9.17) is 5.11 Å². The molecule has 3 rings (SSSR count). The van der Waals surface area contributed by atoms with Crippen LogP contribution >= 0.6 is 0 Å². The van der Waals surface area contributed by atoms with E-state index in [1.807, 2.05) is 30.3 Å². The van der Waals surface area contributed by atoms with E-state index in [9.17, 15) is 14.4 Å². The van der Waals surface area contributed by atoms with Crippen LogP contribution in [0.4, 0.5) is 0 Å². The number of carboxylic acids is 1. The molecule has 1 aromatic heterocycles. The number of carbonyl (C=O) groups excluding carboxylic acids is 2. The minimum atomic E-state index is -1.14. The summed E-state index contributed by atoms with van der Waals surface area (Å²) in [5, 5.41) is 11.8. The Morgan fingerprint density at radius 3 is 2.48 bits per heavy atom. The molecular weight excluding hydrogens is 346 g/mol. The number of amides is 2. The van der Waals surface area contributed by atoms with Crippen molar-refractivity contribution in [3.8, 4) is 0 Å². The zero-order valence-electron chi connectivity index (χ0n) is 14.8. The van der Waals surface area contributed by atoms with Crippen molar-refractivity contribution in [1.82, 2.24) is 15.2 Å². The number of likely N-dealkylation sites (tertiary alicyclic amines) is 1. The first kappa shape index (κ1) is 18.6. The third-order valence-electron chi connectivity index (χ3n) is 4.54. The first-order chi connectivity index (χ1) is 13.0. The first-order valence-electron chi connectivity index (χ1n) is 8.87. The smallest absolute Gasteiger partial charge is 0.335 e. The molecule has 7 nitrogen and oxygen atoms in total. The number of hydrogen-bond donors (Lipinski definition) is 2. The summed E-state index contributed by atoms with van der Waals surface area (Å²) in [6, 6.07) is 11.3. The quantitative estimate of drug-likeness (QED) is 0.810. The molecule has 1 unspecified atom stereocenters. The lowest BCUT2D eigenvalue weighted by atomic mass is 10.0. The lowest BCUT2D eigenvalue weighted by molar-refractivity contribution is -0.132. The molecule has 1 aromatic carbocycles. The predicted molar refractivity (Wildman–Crippen MR) is 98.4 cm³/mol. The Bertz CT molecular complexity index is 832. The maximum atomic E-state index is 12.9. The molecule has 1 fully saturated rings. The van der Waals surface area contributed by atoms with E-state index in [0.717, 1.165) is 18.4 Å². The minimum absolute atomic E-state index is 0.0258. The fourth-order valence-corrected chi connectivity index (χ4v) is 3.13. The van der Waals surface area contributed by atoms with Gasteiger partial charge in [0.15, 0.2) is 0 Å². The summed E-state index contributed by atoms with van der Waals surface area (Å²) in [7, 11) is 0. The van der Waals surface area contributed by atoms with Crippen LogP contribution in [0.2, 0.25) is 0 Å². The van der Waals surface area contributed by atoms with Gasteiger partial charge in [0.05, 0.1) is 5.56 Å². The Kier molecular flexibility index (Phi) is 5.80. The van der Waals surface area contributed by atoms with Gasteiger partial charge >= 0.3 is 5.97 Å². The summed E-state index contributed by atoms with van der Waals surface area (Å²) in [6.07, 6.45) is 3.55. The van der Waals surface area contributed by atoms with Gasteiger partial charge in [-0.3, -0.25) is 14.6 Å². The van der Waals surface area contributed by atoms with E-state index in [0.29, 0.717) is 19.5 Å². The number of pyridine rings is 1. The predicted octanol–water partition coefficient (Wildman–Crippen LogP) is 1.74. The topological polar surface area (TPSA) is 99.6 Å². The highest BCUT2D eigenvalue weighted by atomic mass is 16.4. The monoisotopic (exact) mass is 367 g/mol. The van der Waals surface area contributed by atoms with Crippen LogP contribution in [-0.4, -0.2) is 51.9 Å². The molecular formula is C20H21N3O4. The lowest BCUT2D eigenvalue weighted by Gasteiger charge is -2.24. The van der Waals surface area contributed by atoms with E-state index in [2.05, 4.69) is 10.3 Å². The third-order valence-corrected chi connectivity index (χ3v) is 4.54. The van der Waals surface area contributed by atoms with Crippen LogP contribution in [0.3, 0.4) is 0 Å². The molecule has 0 spiro atoms. The van der Waals surface area contributed by atoms with Crippen molar-refractivity contribution in [3.63, 3.8) is 0 Å². The van der Waals surface area contributed by atoms with Crippen LogP contribution < -0.4 is 5.32 Å². The van der Waals surface area contributed by atoms with E-state index in [1.165, 1.54) is 18.3 Å². The fraction of sp³-hybridized carbons (Fsp3) is 0.300. The zero-order chi connectivity index (χ0) is 19.2. The van der Waals surface area contributed by atoms with Gasteiger partial charge in [0, 0.05) is 25.7 Å². The Labute approximate surface area is 157 Å². The van der Waals surface area contributed by atoms with Crippen molar-refractivity contribution in [2.24, 2.45) is 0 Å². The average Bonchev–Trinajstić information content (AvgIpc) is 3.22. The molecule has 2 amide bonds. The summed E-state index contributed by atoms with van der Waals surface area (Å²) in [4.78, 5) is 42.3. The maximum absolute atomic E-state index is 12.9. The molecule has 1 atom stereocenters. The number of carbonyl (C=O) groups is 3. The largest absolute Gasteiger partial charge is 0.478 e. The van der Waals surface area contributed by atoms with E-state index >= 15 is 0 Å². The maximum Gasteiger partial charge on any atom is 0.335 e. The van der Waals surface area contributed by atoms with Gasteiger partial charge in [-0.05, 0) is 30.5 Å². The molecule has 1 aliphatic rings. The van der Waals surface area contributed by atoms with Crippen LogP contribution in [-0.2, 0) is 11.2 Å². The van der Waals surface area contributed by atoms with Crippen LogP contribution in [0.15, 0.2) is 48.7 Å². The normalized spacial score (nSPS) is 14.6. The minimum Gasteiger partial charge on any atom is -0.478 e. The molecule has 0 bridgehead atoms. The average molecular weight is 367 g/mol. The van der Waals surface area contributed by atoms with Gasteiger partial charge in [-0.15, -0.1) is 0 Å². The Balaban J connectivity index is 1.79. The number of hydrogen-bond acceptors (Lipinski definition) is 4. The molecule has 0 radical (unpaired) electrons. The van der Waals surface area contributed by atoms with Gasteiger partial charge in [-0.1, -0.05) is 30.3 Å². The molecule has 27 heavy (non-hydrogen) atoms. The van der Waals surface area contributed by atoms with Gasteiger partial charge in [0.2, 0.25) is 5.91 Å². The van der Waals surface area contributed by atoms with Gasteiger partial charge in [0.25, 0.3) is 5.91 Å². The summed E-state index contributed by atoms with van der Waals surface area (Å²) in [5.41, 5.74) is 0.880. The molecule has 2 heterocycles. The molecule has 0 aliphatic carbocycles. The Hall–Kier alpha value is -3.22. The molecule has 2 N–H and O–H groups in total. The van der Waals surface area contributed by atoms with Crippen molar-refractivity contribution in [1.29, 1.82) is 0 Å².